The van der Waals surface area contributed by atoms with Gasteiger partial charge in [-0.2, -0.15) is 13.2 Å². The van der Waals surface area contributed by atoms with Crippen LogP contribution >= 0.6 is 11.3 Å². The molecule has 1 rings (SSSR count). The average Bonchev–Trinajstić information content (AvgIpc) is 2.71. The number of rotatable bonds is 5. The summed E-state index contributed by atoms with van der Waals surface area (Å²) in [5.74, 6) is -0.631. The van der Waals surface area contributed by atoms with E-state index in [1.165, 1.54) is 5.38 Å². The lowest BCUT2D eigenvalue weighted by Gasteiger charge is -2.06. The molecule has 0 aliphatic heterocycles. The van der Waals surface area contributed by atoms with Crippen molar-refractivity contribution in [3.05, 3.63) is 17.0 Å². The first-order valence-corrected chi connectivity index (χ1v) is 7.48. The summed E-state index contributed by atoms with van der Waals surface area (Å²) in [5, 5.41) is 8.41. The van der Waals surface area contributed by atoms with Gasteiger partial charge in [0.2, 0.25) is 10.0 Å². The summed E-state index contributed by atoms with van der Waals surface area (Å²) in [7, 11) is -3.87. The van der Waals surface area contributed by atoms with Crippen molar-refractivity contribution in [1.29, 1.82) is 0 Å². The topological polar surface area (TPSA) is 89.3 Å². The second-order valence-corrected chi connectivity index (χ2v) is 6.37. The molecule has 0 radical (unpaired) electrons. The maximum atomic E-state index is 11.8. The van der Waals surface area contributed by atoms with Crippen molar-refractivity contribution in [2.24, 2.45) is 5.14 Å². The largest absolute Gasteiger partial charge is 0.389 e. The molecule has 0 saturated heterocycles. The highest BCUT2D eigenvalue weighted by atomic mass is 32.2. The van der Waals surface area contributed by atoms with Crippen molar-refractivity contribution in [3.63, 3.8) is 0 Å². The fraction of sp³-hybridized carbons (Fsp3) is 0.444. The number of alkyl halides is 3. The Morgan fingerprint density at radius 2 is 2.05 bits per heavy atom. The van der Waals surface area contributed by atoms with Gasteiger partial charge < -0.3 is 5.32 Å². The van der Waals surface area contributed by atoms with E-state index in [2.05, 4.69) is 5.32 Å². The zero-order valence-electron chi connectivity index (χ0n) is 9.53. The zero-order valence-corrected chi connectivity index (χ0v) is 11.2. The molecule has 1 aromatic rings. The summed E-state index contributed by atoms with van der Waals surface area (Å²) in [6.45, 7) is -0.140. The number of amides is 1. The Morgan fingerprint density at radius 3 is 2.53 bits per heavy atom. The number of primary sulfonamides is 1. The van der Waals surface area contributed by atoms with Gasteiger partial charge in [0.25, 0.3) is 5.91 Å². The van der Waals surface area contributed by atoms with Gasteiger partial charge in [-0.3, -0.25) is 4.79 Å². The molecule has 10 heteroatoms. The highest BCUT2D eigenvalue weighted by Crippen LogP contribution is 2.21. The van der Waals surface area contributed by atoms with Crippen LogP contribution in [0.5, 0.6) is 0 Å². The van der Waals surface area contributed by atoms with Crippen molar-refractivity contribution in [2.75, 3.05) is 6.54 Å². The van der Waals surface area contributed by atoms with Crippen LogP contribution in [0.1, 0.15) is 23.2 Å². The lowest BCUT2D eigenvalue weighted by molar-refractivity contribution is -0.135. The molecule has 0 fully saturated rings. The minimum atomic E-state index is -4.26. The second-order valence-electron chi connectivity index (χ2n) is 3.67. The molecule has 5 nitrogen and oxygen atoms in total. The fourth-order valence-corrected chi connectivity index (χ4v) is 2.76. The van der Waals surface area contributed by atoms with Crippen LogP contribution in [-0.2, 0) is 10.0 Å². The second kappa shape index (κ2) is 5.88. The molecule has 19 heavy (non-hydrogen) atoms. The summed E-state index contributed by atoms with van der Waals surface area (Å²) in [5.41, 5.74) is 0.0565. The highest BCUT2D eigenvalue weighted by molar-refractivity contribution is 7.91. The van der Waals surface area contributed by atoms with E-state index in [0.29, 0.717) is 0 Å². The molecule has 1 aromatic heterocycles. The Morgan fingerprint density at radius 1 is 1.42 bits per heavy atom. The van der Waals surface area contributed by atoms with E-state index >= 15 is 0 Å². The van der Waals surface area contributed by atoms with E-state index in [-0.39, 0.29) is 22.7 Å². The lowest BCUT2D eigenvalue weighted by Crippen LogP contribution is -2.25. The maximum absolute atomic E-state index is 11.8. The molecular weight excluding hydrogens is 305 g/mol. The Hall–Kier alpha value is -1.13. The Kier molecular flexibility index (Phi) is 4.93. The van der Waals surface area contributed by atoms with Crippen LogP contribution in [0.15, 0.2) is 15.7 Å². The third-order valence-corrected chi connectivity index (χ3v) is 4.43. The smallest absolute Gasteiger partial charge is 0.352 e. The van der Waals surface area contributed by atoms with E-state index in [1.54, 1.807) is 0 Å². The number of hydrogen-bond acceptors (Lipinski definition) is 4. The van der Waals surface area contributed by atoms with Gasteiger partial charge in [0.15, 0.2) is 0 Å². The Balaban J connectivity index is 2.49. The monoisotopic (exact) mass is 316 g/mol. The predicted octanol–water partition coefficient (Wildman–Crippen LogP) is 1.47. The third kappa shape index (κ3) is 5.57. The molecule has 0 saturated carbocycles. The Bertz CT molecular complexity index is 551. The van der Waals surface area contributed by atoms with Crippen molar-refractivity contribution in [1.82, 2.24) is 5.32 Å². The number of nitrogens with two attached hydrogens (primary N) is 1. The molecule has 3 N–H and O–H groups in total. The van der Waals surface area contributed by atoms with E-state index < -0.39 is 28.5 Å². The van der Waals surface area contributed by atoms with Gasteiger partial charge in [-0.1, -0.05) is 0 Å². The molecule has 0 spiro atoms. The minimum absolute atomic E-state index is 0.0565. The SMILES string of the molecule is NS(=O)(=O)c1cc(C(=O)NCCCC(F)(F)F)cs1. The summed E-state index contributed by atoms with van der Waals surface area (Å²) >= 11 is 0.774. The maximum Gasteiger partial charge on any atom is 0.389 e. The molecule has 1 heterocycles. The third-order valence-electron chi connectivity index (χ3n) is 2.04. The molecule has 1 amide bonds. The molecule has 0 atom stereocenters. The van der Waals surface area contributed by atoms with Crippen LogP contribution < -0.4 is 10.5 Å². The van der Waals surface area contributed by atoms with Crippen LogP contribution in [0.2, 0.25) is 0 Å². The zero-order chi connectivity index (χ0) is 14.7. The molecule has 0 aliphatic carbocycles. The number of halogens is 3. The fourth-order valence-electron chi connectivity index (χ4n) is 1.18. The Labute approximate surface area is 111 Å². The van der Waals surface area contributed by atoms with Crippen LogP contribution in [0.4, 0.5) is 13.2 Å². The first-order chi connectivity index (χ1) is 8.59. The van der Waals surface area contributed by atoms with Gasteiger partial charge in [0.1, 0.15) is 4.21 Å². The van der Waals surface area contributed by atoms with Crippen molar-refractivity contribution < 1.29 is 26.4 Å². The summed E-state index contributed by atoms with van der Waals surface area (Å²) in [6, 6.07) is 1.08. The van der Waals surface area contributed by atoms with Gasteiger partial charge in [-0.15, -0.1) is 11.3 Å². The molecule has 0 aromatic carbocycles. The average molecular weight is 316 g/mol. The molecule has 108 valence electrons. The first-order valence-electron chi connectivity index (χ1n) is 5.06. The van der Waals surface area contributed by atoms with Gasteiger partial charge >= 0.3 is 6.18 Å². The lowest BCUT2D eigenvalue weighted by atomic mass is 10.3. The summed E-state index contributed by atoms with van der Waals surface area (Å²) < 4.78 is 57.3. The van der Waals surface area contributed by atoms with Crippen LogP contribution in [0, 0.1) is 0 Å². The summed E-state index contributed by atoms with van der Waals surface area (Å²) in [6.07, 6.45) is -5.48. The number of sulfonamides is 1. The van der Waals surface area contributed by atoms with Crippen LogP contribution in [-0.4, -0.2) is 27.0 Å². The first kappa shape index (κ1) is 15.9. The van der Waals surface area contributed by atoms with E-state index in [9.17, 15) is 26.4 Å². The van der Waals surface area contributed by atoms with Gasteiger partial charge in [0, 0.05) is 18.3 Å². The van der Waals surface area contributed by atoms with Crippen molar-refractivity contribution >= 4 is 27.3 Å². The predicted molar refractivity (Wildman–Crippen MR) is 63.3 cm³/mol. The standard InChI is InChI=1S/C9H11F3N2O3S2/c10-9(11,12)2-1-3-14-8(15)6-4-7(18-5-6)19(13,16)17/h4-5H,1-3H2,(H,14,15)(H2,13,16,17). The molecular formula is C9H11F3N2O3S2. The number of nitrogens with one attached hydrogen (secondary N) is 1. The van der Waals surface area contributed by atoms with E-state index in [4.69, 9.17) is 5.14 Å². The quantitative estimate of drug-likeness (QED) is 0.806. The number of hydrogen-bond donors (Lipinski definition) is 2. The van der Waals surface area contributed by atoms with E-state index in [0.717, 1.165) is 17.4 Å². The number of carbonyl (C=O) groups excluding carboxylic acids is 1. The van der Waals surface area contributed by atoms with Crippen LogP contribution in [0.3, 0.4) is 0 Å². The summed E-state index contributed by atoms with van der Waals surface area (Å²) in [4.78, 5) is 11.5. The normalized spacial score (nSPS) is 12.4. The molecule has 0 aliphatic rings. The highest BCUT2D eigenvalue weighted by Gasteiger charge is 2.26. The molecule has 0 bridgehead atoms. The van der Waals surface area contributed by atoms with E-state index in [1.807, 2.05) is 0 Å². The van der Waals surface area contributed by atoms with Gasteiger partial charge in [0.05, 0.1) is 5.56 Å². The number of carbonyl (C=O) groups is 1. The van der Waals surface area contributed by atoms with Crippen molar-refractivity contribution in [2.45, 2.75) is 23.2 Å². The van der Waals surface area contributed by atoms with Gasteiger partial charge in [-0.25, -0.2) is 13.6 Å². The van der Waals surface area contributed by atoms with Crippen LogP contribution in [0.25, 0.3) is 0 Å². The minimum Gasteiger partial charge on any atom is -0.352 e. The van der Waals surface area contributed by atoms with Gasteiger partial charge in [-0.05, 0) is 12.5 Å². The number of thiophene rings is 1. The van der Waals surface area contributed by atoms with Crippen molar-refractivity contribution in [3.8, 4) is 0 Å². The molecule has 0 unspecified atom stereocenters.